The summed E-state index contributed by atoms with van der Waals surface area (Å²) in [6.07, 6.45) is 1.14. The van der Waals surface area contributed by atoms with Gasteiger partial charge in [-0.2, -0.15) is 0 Å². The molecule has 1 unspecified atom stereocenters. The van der Waals surface area contributed by atoms with Crippen molar-refractivity contribution in [3.8, 4) is 0 Å². The first-order valence-electron chi connectivity index (χ1n) is 7.69. The number of nitrogens with one attached hydrogen (secondary N) is 1. The minimum atomic E-state index is 0.260. The summed E-state index contributed by atoms with van der Waals surface area (Å²) in [5.74, 6) is 0. The monoisotopic (exact) mass is 302 g/mol. The number of hydrogen-bond acceptors (Lipinski definition) is 3. The summed E-state index contributed by atoms with van der Waals surface area (Å²) in [5.41, 5.74) is 6.62. The topological polar surface area (TPSA) is 24.9 Å². The highest BCUT2D eigenvalue weighted by molar-refractivity contribution is 7.11. The van der Waals surface area contributed by atoms with Crippen LogP contribution in [-0.4, -0.2) is 11.5 Å². The van der Waals surface area contributed by atoms with Crippen molar-refractivity contribution in [2.45, 2.75) is 54.0 Å². The molecule has 2 rings (SSSR count). The summed E-state index contributed by atoms with van der Waals surface area (Å²) in [5, 5.41) is 4.86. The third kappa shape index (κ3) is 3.53. The smallest absolute Gasteiger partial charge is 0.0900 e. The standard InChI is InChI=1S/C18H26N2S/c1-7-8-19-17(18-14(5)20-15(6)21-18)16-10-12(3)11(2)9-13(16)4/h9-10,17,19H,7-8H2,1-6H3. The zero-order valence-electron chi connectivity index (χ0n) is 14.0. The van der Waals surface area contributed by atoms with Gasteiger partial charge >= 0.3 is 0 Å². The molecule has 1 atom stereocenters. The molecule has 0 aliphatic rings. The molecule has 0 fully saturated rings. The van der Waals surface area contributed by atoms with Gasteiger partial charge in [-0.1, -0.05) is 19.1 Å². The van der Waals surface area contributed by atoms with E-state index in [9.17, 15) is 0 Å². The van der Waals surface area contributed by atoms with Gasteiger partial charge in [0.25, 0.3) is 0 Å². The molecule has 0 radical (unpaired) electrons. The first kappa shape index (κ1) is 16.2. The van der Waals surface area contributed by atoms with Crippen molar-refractivity contribution in [1.82, 2.24) is 10.3 Å². The van der Waals surface area contributed by atoms with E-state index >= 15 is 0 Å². The second-order valence-corrected chi connectivity index (χ2v) is 7.10. The summed E-state index contributed by atoms with van der Waals surface area (Å²) in [6.45, 7) is 14.0. The van der Waals surface area contributed by atoms with Crippen LogP contribution in [0.5, 0.6) is 0 Å². The molecule has 0 saturated heterocycles. The van der Waals surface area contributed by atoms with Crippen LogP contribution in [0.15, 0.2) is 12.1 Å². The van der Waals surface area contributed by atoms with Gasteiger partial charge in [0.2, 0.25) is 0 Å². The highest BCUT2D eigenvalue weighted by Crippen LogP contribution is 2.32. The maximum absolute atomic E-state index is 4.61. The molecule has 0 aliphatic carbocycles. The van der Waals surface area contributed by atoms with E-state index in [1.807, 2.05) is 11.3 Å². The number of aryl methyl sites for hydroxylation is 5. The summed E-state index contributed by atoms with van der Waals surface area (Å²) < 4.78 is 0. The Hall–Kier alpha value is -1.19. The SMILES string of the molecule is CCCNC(c1cc(C)c(C)cc1C)c1sc(C)nc1C. The van der Waals surface area contributed by atoms with Crippen molar-refractivity contribution in [3.05, 3.63) is 50.0 Å². The highest BCUT2D eigenvalue weighted by atomic mass is 32.1. The van der Waals surface area contributed by atoms with Crippen molar-refractivity contribution >= 4 is 11.3 Å². The minimum Gasteiger partial charge on any atom is -0.306 e. The lowest BCUT2D eigenvalue weighted by Crippen LogP contribution is -2.24. The van der Waals surface area contributed by atoms with Crippen LogP contribution in [0.4, 0.5) is 0 Å². The summed E-state index contributed by atoms with van der Waals surface area (Å²) in [7, 11) is 0. The van der Waals surface area contributed by atoms with E-state index in [0.717, 1.165) is 23.7 Å². The van der Waals surface area contributed by atoms with Crippen molar-refractivity contribution in [2.75, 3.05) is 6.54 Å². The normalized spacial score (nSPS) is 12.7. The number of nitrogens with zero attached hydrogens (tertiary/aromatic N) is 1. The highest BCUT2D eigenvalue weighted by Gasteiger charge is 2.21. The van der Waals surface area contributed by atoms with Crippen molar-refractivity contribution < 1.29 is 0 Å². The number of benzene rings is 1. The average molecular weight is 302 g/mol. The van der Waals surface area contributed by atoms with E-state index in [-0.39, 0.29) is 6.04 Å². The van der Waals surface area contributed by atoms with E-state index in [1.165, 1.54) is 27.1 Å². The van der Waals surface area contributed by atoms with Crippen LogP contribution >= 0.6 is 11.3 Å². The molecule has 1 aromatic heterocycles. The molecule has 0 bridgehead atoms. The van der Waals surface area contributed by atoms with E-state index in [0.29, 0.717) is 0 Å². The summed E-state index contributed by atoms with van der Waals surface area (Å²) in [4.78, 5) is 5.97. The molecule has 1 heterocycles. The average Bonchev–Trinajstić information content (AvgIpc) is 2.75. The Balaban J connectivity index is 2.50. The molecule has 0 amide bonds. The van der Waals surface area contributed by atoms with Crippen molar-refractivity contribution in [1.29, 1.82) is 0 Å². The van der Waals surface area contributed by atoms with Crippen LogP contribution in [0.2, 0.25) is 0 Å². The van der Waals surface area contributed by atoms with Crippen molar-refractivity contribution in [2.24, 2.45) is 0 Å². The molecule has 114 valence electrons. The Morgan fingerprint density at radius 1 is 1.05 bits per heavy atom. The number of thiazole rings is 1. The van der Waals surface area contributed by atoms with Gasteiger partial charge in [-0.05, 0) is 69.8 Å². The summed E-state index contributed by atoms with van der Waals surface area (Å²) >= 11 is 1.81. The molecule has 2 nitrogen and oxygen atoms in total. The maximum Gasteiger partial charge on any atom is 0.0900 e. The van der Waals surface area contributed by atoms with Gasteiger partial charge in [-0.25, -0.2) is 4.98 Å². The number of hydrogen-bond donors (Lipinski definition) is 1. The van der Waals surface area contributed by atoms with Crippen LogP contribution in [-0.2, 0) is 0 Å². The zero-order valence-corrected chi connectivity index (χ0v) is 14.8. The Labute approximate surface area is 132 Å². The van der Waals surface area contributed by atoms with Gasteiger partial charge in [0.1, 0.15) is 0 Å². The molecule has 21 heavy (non-hydrogen) atoms. The molecule has 3 heteroatoms. The molecule has 0 aliphatic heterocycles. The predicted molar refractivity (Wildman–Crippen MR) is 92.4 cm³/mol. The van der Waals surface area contributed by atoms with Crippen LogP contribution in [0.3, 0.4) is 0 Å². The molecule has 2 aromatic rings. The molecular formula is C18H26N2S. The fourth-order valence-electron chi connectivity index (χ4n) is 2.74. The number of rotatable bonds is 5. The quantitative estimate of drug-likeness (QED) is 0.860. The first-order chi connectivity index (χ1) is 9.93. The molecular weight excluding hydrogens is 276 g/mol. The fourth-order valence-corrected chi connectivity index (χ4v) is 3.76. The third-order valence-electron chi connectivity index (χ3n) is 3.99. The van der Waals surface area contributed by atoms with Crippen LogP contribution in [0.25, 0.3) is 0 Å². The van der Waals surface area contributed by atoms with Crippen LogP contribution < -0.4 is 5.32 Å². The third-order valence-corrected chi connectivity index (χ3v) is 5.13. The van der Waals surface area contributed by atoms with Gasteiger partial charge in [0, 0.05) is 4.88 Å². The molecule has 0 spiro atoms. The van der Waals surface area contributed by atoms with Gasteiger partial charge < -0.3 is 5.32 Å². The molecule has 1 N–H and O–H groups in total. The maximum atomic E-state index is 4.61. The first-order valence-corrected chi connectivity index (χ1v) is 8.50. The van der Waals surface area contributed by atoms with Gasteiger partial charge in [0.15, 0.2) is 0 Å². The second kappa shape index (κ2) is 6.71. The Bertz CT molecular complexity index is 628. The van der Waals surface area contributed by atoms with Crippen LogP contribution in [0.1, 0.15) is 57.2 Å². The zero-order chi connectivity index (χ0) is 15.6. The molecule has 0 saturated carbocycles. The van der Waals surface area contributed by atoms with Gasteiger partial charge in [0.05, 0.1) is 16.7 Å². The van der Waals surface area contributed by atoms with Gasteiger partial charge in [-0.15, -0.1) is 11.3 Å². The second-order valence-electron chi connectivity index (χ2n) is 5.86. The summed E-state index contributed by atoms with van der Waals surface area (Å²) in [6, 6.07) is 4.90. The Kier molecular flexibility index (Phi) is 5.17. The predicted octanol–water partition coefficient (Wildman–Crippen LogP) is 4.77. The minimum absolute atomic E-state index is 0.260. The van der Waals surface area contributed by atoms with Crippen molar-refractivity contribution in [3.63, 3.8) is 0 Å². The lowest BCUT2D eigenvalue weighted by atomic mass is 9.94. The lowest BCUT2D eigenvalue weighted by Gasteiger charge is -2.22. The van der Waals surface area contributed by atoms with E-state index in [4.69, 9.17) is 0 Å². The number of aromatic nitrogens is 1. The Morgan fingerprint density at radius 3 is 2.29 bits per heavy atom. The van der Waals surface area contributed by atoms with E-state index < -0.39 is 0 Å². The Morgan fingerprint density at radius 2 is 1.71 bits per heavy atom. The van der Waals surface area contributed by atoms with E-state index in [1.54, 1.807) is 0 Å². The van der Waals surface area contributed by atoms with Crippen LogP contribution in [0, 0.1) is 34.6 Å². The largest absolute Gasteiger partial charge is 0.306 e. The van der Waals surface area contributed by atoms with E-state index in [2.05, 4.69) is 64.0 Å². The van der Waals surface area contributed by atoms with Gasteiger partial charge in [-0.3, -0.25) is 0 Å². The molecule has 1 aromatic carbocycles. The lowest BCUT2D eigenvalue weighted by molar-refractivity contribution is 0.600. The fraction of sp³-hybridized carbons (Fsp3) is 0.500.